The third-order valence-corrected chi connectivity index (χ3v) is 5.40. The van der Waals surface area contributed by atoms with Crippen molar-refractivity contribution in [2.75, 3.05) is 25.3 Å². The molecule has 3 aromatic rings. The minimum absolute atomic E-state index is 0.262. The lowest BCUT2D eigenvalue weighted by molar-refractivity contribution is 0.185. The zero-order valence-electron chi connectivity index (χ0n) is 18.0. The SMILES string of the molecule is COc1ccc(OCCCF)c(CN(c2cccnc2Oc2ccc(I)cc2)C(C)O)c1. The first-order valence-corrected chi connectivity index (χ1v) is 11.3. The van der Waals surface area contributed by atoms with E-state index in [0.29, 0.717) is 41.8 Å². The highest BCUT2D eigenvalue weighted by molar-refractivity contribution is 14.1. The van der Waals surface area contributed by atoms with Crippen molar-refractivity contribution < 1.29 is 23.7 Å². The van der Waals surface area contributed by atoms with Crippen molar-refractivity contribution in [2.24, 2.45) is 0 Å². The summed E-state index contributed by atoms with van der Waals surface area (Å²) in [6.45, 7) is 1.79. The van der Waals surface area contributed by atoms with Gasteiger partial charge in [0, 0.05) is 28.3 Å². The number of anilines is 1. The van der Waals surface area contributed by atoms with E-state index in [1.54, 1.807) is 43.3 Å². The molecule has 0 fully saturated rings. The van der Waals surface area contributed by atoms with Crippen molar-refractivity contribution in [3.63, 3.8) is 0 Å². The smallest absolute Gasteiger partial charge is 0.243 e. The van der Waals surface area contributed by atoms with Gasteiger partial charge in [0.1, 0.15) is 29.2 Å². The van der Waals surface area contributed by atoms with Crippen LogP contribution in [0.1, 0.15) is 18.9 Å². The van der Waals surface area contributed by atoms with Crippen LogP contribution in [-0.2, 0) is 6.54 Å². The molecule has 0 bridgehead atoms. The quantitative estimate of drug-likeness (QED) is 0.191. The van der Waals surface area contributed by atoms with Crippen molar-refractivity contribution in [1.82, 2.24) is 4.98 Å². The summed E-state index contributed by atoms with van der Waals surface area (Å²) in [6.07, 6.45) is 1.11. The minimum atomic E-state index is -0.844. The van der Waals surface area contributed by atoms with E-state index in [-0.39, 0.29) is 6.61 Å². The molecule has 170 valence electrons. The number of benzene rings is 2. The molecule has 0 saturated heterocycles. The van der Waals surface area contributed by atoms with Crippen LogP contribution in [0.4, 0.5) is 10.1 Å². The molecule has 32 heavy (non-hydrogen) atoms. The van der Waals surface area contributed by atoms with Crippen LogP contribution in [0.2, 0.25) is 0 Å². The Morgan fingerprint density at radius 3 is 2.56 bits per heavy atom. The third-order valence-electron chi connectivity index (χ3n) is 4.68. The molecule has 1 N–H and O–H groups in total. The summed E-state index contributed by atoms with van der Waals surface area (Å²) in [7, 11) is 1.59. The number of ether oxygens (including phenoxy) is 3. The maximum atomic E-state index is 12.5. The average Bonchev–Trinajstić information content (AvgIpc) is 2.80. The Bertz CT molecular complexity index is 1000. The Labute approximate surface area is 201 Å². The predicted octanol–water partition coefficient (Wildman–Crippen LogP) is 5.57. The lowest BCUT2D eigenvalue weighted by Gasteiger charge is -2.29. The number of rotatable bonds is 11. The number of aliphatic hydroxyl groups excluding tert-OH is 1. The number of hydrogen-bond acceptors (Lipinski definition) is 6. The molecule has 0 radical (unpaired) electrons. The molecule has 1 aromatic heterocycles. The zero-order valence-corrected chi connectivity index (χ0v) is 20.2. The van der Waals surface area contributed by atoms with E-state index < -0.39 is 12.9 Å². The number of hydrogen-bond donors (Lipinski definition) is 1. The number of aromatic nitrogens is 1. The van der Waals surface area contributed by atoms with Crippen LogP contribution in [-0.4, -0.2) is 36.7 Å². The van der Waals surface area contributed by atoms with Gasteiger partial charge in [-0.2, -0.15) is 0 Å². The Morgan fingerprint density at radius 2 is 1.88 bits per heavy atom. The van der Waals surface area contributed by atoms with Crippen molar-refractivity contribution in [3.8, 4) is 23.1 Å². The number of methoxy groups -OCH3 is 1. The Morgan fingerprint density at radius 1 is 1.12 bits per heavy atom. The Balaban J connectivity index is 1.92. The molecular formula is C24H26FIN2O4. The molecule has 1 atom stereocenters. The lowest BCUT2D eigenvalue weighted by Crippen LogP contribution is -2.32. The van der Waals surface area contributed by atoms with Crippen molar-refractivity contribution in [3.05, 3.63) is 69.9 Å². The number of alkyl halides is 1. The monoisotopic (exact) mass is 552 g/mol. The number of aliphatic hydroxyl groups is 1. The van der Waals surface area contributed by atoms with Crippen LogP contribution in [0.25, 0.3) is 0 Å². The van der Waals surface area contributed by atoms with Gasteiger partial charge >= 0.3 is 0 Å². The molecule has 0 aliphatic heterocycles. The normalized spacial score (nSPS) is 11.7. The highest BCUT2D eigenvalue weighted by atomic mass is 127. The second-order valence-electron chi connectivity index (χ2n) is 7.01. The standard InChI is InChI=1S/C24H26FIN2O4/c1-17(29)28(16-18-15-21(30-2)10-11-23(18)31-14-4-12-25)22-5-3-13-27-24(22)32-20-8-6-19(26)7-9-20/h3,5-11,13,15,17,29H,4,12,14,16H2,1-2H3. The van der Waals surface area contributed by atoms with Gasteiger partial charge in [-0.1, -0.05) is 0 Å². The minimum Gasteiger partial charge on any atom is -0.497 e. The second kappa shape index (κ2) is 11.9. The second-order valence-corrected chi connectivity index (χ2v) is 8.25. The maximum absolute atomic E-state index is 12.5. The molecule has 0 saturated carbocycles. The predicted molar refractivity (Wildman–Crippen MR) is 130 cm³/mol. The maximum Gasteiger partial charge on any atom is 0.243 e. The van der Waals surface area contributed by atoms with E-state index in [1.807, 2.05) is 36.4 Å². The molecule has 0 aliphatic carbocycles. The van der Waals surface area contributed by atoms with E-state index in [1.165, 1.54) is 0 Å². The number of halogens is 2. The van der Waals surface area contributed by atoms with Crippen LogP contribution in [0, 0.1) is 3.57 Å². The van der Waals surface area contributed by atoms with Gasteiger partial charge in [0.25, 0.3) is 0 Å². The van der Waals surface area contributed by atoms with Crippen molar-refractivity contribution >= 4 is 28.3 Å². The van der Waals surface area contributed by atoms with E-state index in [0.717, 1.165) is 9.13 Å². The number of pyridine rings is 1. The molecule has 0 amide bonds. The summed E-state index contributed by atoms with van der Waals surface area (Å²) in [5, 5.41) is 10.6. The molecule has 1 unspecified atom stereocenters. The van der Waals surface area contributed by atoms with E-state index in [2.05, 4.69) is 27.6 Å². The lowest BCUT2D eigenvalue weighted by atomic mass is 10.1. The van der Waals surface area contributed by atoms with Gasteiger partial charge in [-0.25, -0.2) is 4.98 Å². The highest BCUT2D eigenvalue weighted by Gasteiger charge is 2.21. The molecule has 0 aliphatic rings. The van der Waals surface area contributed by atoms with Crippen LogP contribution in [0.15, 0.2) is 60.8 Å². The largest absolute Gasteiger partial charge is 0.497 e. The topological polar surface area (TPSA) is 64.1 Å². The van der Waals surface area contributed by atoms with Gasteiger partial charge < -0.3 is 24.2 Å². The van der Waals surface area contributed by atoms with Gasteiger partial charge in [0.2, 0.25) is 5.88 Å². The molecule has 1 heterocycles. The van der Waals surface area contributed by atoms with Gasteiger partial charge in [0.05, 0.1) is 20.4 Å². The summed E-state index contributed by atoms with van der Waals surface area (Å²) in [4.78, 5) is 6.14. The van der Waals surface area contributed by atoms with E-state index in [4.69, 9.17) is 14.2 Å². The van der Waals surface area contributed by atoms with Crippen LogP contribution in [0.5, 0.6) is 23.1 Å². The number of nitrogens with zero attached hydrogens (tertiary/aromatic N) is 2. The summed E-state index contributed by atoms with van der Waals surface area (Å²) < 4.78 is 30.8. The first-order chi connectivity index (χ1) is 15.5. The highest BCUT2D eigenvalue weighted by Crippen LogP contribution is 2.34. The van der Waals surface area contributed by atoms with Gasteiger partial charge in [-0.05, 0) is 84.1 Å². The van der Waals surface area contributed by atoms with Gasteiger partial charge in [0.15, 0.2) is 0 Å². The van der Waals surface area contributed by atoms with Gasteiger partial charge in [-0.15, -0.1) is 0 Å². The zero-order chi connectivity index (χ0) is 22.9. The molecule has 6 nitrogen and oxygen atoms in total. The Hall–Kier alpha value is -2.59. The fourth-order valence-corrected chi connectivity index (χ4v) is 3.44. The van der Waals surface area contributed by atoms with Gasteiger partial charge in [-0.3, -0.25) is 4.39 Å². The average molecular weight is 552 g/mol. The summed E-state index contributed by atoms with van der Waals surface area (Å²) in [6, 6.07) is 16.7. The third kappa shape index (κ3) is 6.46. The molecular weight excluding hydrogens is 526 g/mol. The fourth-order valence-electron chi connectivity index (χ4n) is 3.08. The van der Waals surface area contributed by atoms with Crippen molar-refractivity contribution in [1.29, 1.82) is 0 Å². The first-order valence-electron chi connectivity index (χ1n) is 10.2. The van der Waals surface area contributed by atoms with Crippen LogP contribution < -0.4 is 19.1 Å². The molecule has 8 heteroatoms. The van der Waals surface area contributed by atoms with Crippen molar-refractivity contribution in [2.45, 2.75) is 26.1 Å². The summed E-state index contributed by atoms with van der Waals surface area (Å²) in [5.74, 6) is 2.28. The van der Waals surface area contributed by atoms with E-state index in [9.17, 15) is 9.50 Å². The molecule has 0 spiro atoms. The summed E-state index contributed by atoms with van der Waals surface area (Å²) in [5.41, 5.74) is 1.41. The first kappa shape index (κ1) is 24.1. The fraction of sp³-hybridized carbons (Fsp3) is 0.292. The van der Waals surface area contributed by atoms with Crippen LogP contribution in [0.3, 0.4) is 0 Å². The molecule has 3 rings (SSSR count). The summed E-state index contributed by atoms with van der Waals surface area (Å²) >= 11 is 2.23. The van der Waals surface area contributed by atoms with Crippen LogP contribution >= 0.6 is 22.6 Å². The Kier molecular flexibility index (Phi) is 8.92. The van der Waals surface area contributed by atoms with E-state index >= 15 is 0 Å². The molecule has 2 aromatic carbocycles.